The van der Waals surface area contributed by atoms with Gasteiger partial charge in [0.25, 0.3) is 5.91 Å². The van der Waals surface area contributed by atoms with Gasteiger partial charge in [0, 0.05) is 36.6 Å². The number of amides is 1. The zero-order valence-electron chi connectivity index (χ0n) is 17.2. The lowest BCUT2D eigenvalue weighted by atomic mass is 9.99. The summed E-state index contributed by atoms with van der Waals surface area (Å²) in [4.78, 5) is 23.8. The number of hydrogen-bond acceptors (Lipinski definition) is 4. The Hall–Kier alpha value is -2.18. The second-order valence-corrected chi connectivity index (χ2v) is 9.18. The molecule has 0 saturated carbocycles. The van der Waals surface area contributed by atoms with Crippen molar-refractivity contribution >= 4 is 27.5 Å². The smallest absolute Gasteiger partial charge is 0.264 e. The molecule has 3 aromatic rings. The van der Waals surface area contributed by atoms with E-state index in [0.29, 0.717) is 5.92 Å². The molecule has 6 heteroatoms. The van der Waals surface area contributed by atoms with E-state index in [4.69, 9.17) is 0 Å². The number of aryl methyl sites for hydroxylation is 2. The molecule has 4 heterocycles. The third-order valence-electron chi connectivity index (χ3n) is 5.57. The van der Waals surface area contributed by atoms with E-state index in [1.807, 2.05) is 31.9 Å². The monoisotopic (exact) mass is 396 g/mol. The van der Waals surface area contributed by atoms with Crippen LogP contribution in [0.15, 0.2) is 18.2 Å². The van der Waals surface area contributed by atoms with E-state index in [9.17, 15) is 4.79 Å². The Morgan fingerprint density at radius 2 is 1.96 bits per heavy atom. The highest BCUT2D eigenvalue weighted by atomic mass is 32.1. The van der Waals surface area contributed by atoms with Crippen LogP contribution in [0.5, 0.6) is 0 Å². The molecule has 4 rings (SSSR count). The van der Waals surface area contributed by atoms with Crippen molar-refractivity contribution in [3.63, 3.8) is 0 Å². The molecule has 148 valence electrons. The molecule has 0 bridgehead atoms. The SMILES string of the molecule is Cc1cc(-c2[nH]c3cc(C(=O)N(C)[C@@H]4CCNC4)sc3c2C(C)C)cc(C)n1. The van der Waals surface area contributed by atoms with Crippen molar-refractivity contribution in [1.29, 1.82) is 0 Å². The average Bonchev–Trinajstić information content (AvgIpc) is 3.34. The summed E-state index contributed by atoms with van der Waals surface area (Å²) in [6, 6.07) is 6.57. The van der Waals surface area contributed by atoms with Crippen molar-refractivity contribution in [2.75, 3.05) is 20.1 Å². The highest BCUT2D eigenvalue weighted by Crippen LogP contribution is 2.40. The molecule has 1 saturated heterocycles. The lowest BCUT2D eigenvalue weighted by Gasteiger charge is -2.23. The van der Waals surface area contributed by atoms with E-state index in [0.717, 1.165) is 47.0 Å². The number of hydrogen-bond donors (Lipinski definition) is 2. The van der Waals surface area contributed by atoms with Crippen LogP contribution < -0.4 is 5.32 Å². The fraction of sp³-hybridized carbons (Fsp3) is 0.455. The molecule has 3 aromatic heterocycles. The number of thiophene rings is 1. The number of carbonyl (C=O) groups is 1. The molecule has 1 amide bonds. The summed E-state index contributed by atoms with van der Waals surface area (Å²) in [7, 11) is 1.92. The molecule has 5 nitrogen and oxygen atoms in total. The summed E-state index contributed by atoms with van der Waals surface area (Å²) >= 11 is 1.61. The topological polar surface area (TPSA) is 61.0 Å². The Labute approximate surface area is 170 Å². The van der Waals surface area contributed by atoms with Crippen LogP contribution in [0.25, 0.3) is 21.5 Å². The quantitative estimate of drug-likeness (QED) is 0.684. The minimum atomic E-state index is 0.121. The maximum absolute atomic E-state index is 13.0. The van der Waals surface area contributed by atoms with Gasteiger partial charge < -0.3 is 15.2 Å². The molecule has 1 fully saturated rings. The molecule has 0 unspecified atom stereocenters. The van der Waals surface area contributed by atoms with Crippen LogP contribution in [-0.2, 0) is 0 Å². The molecule has 28 heavy (non-hydrogen) atoms. The number of fused-ring (bicyclic) bond motifs is 1. The van der Waals surface area contributed by atoms with Crippen molar-refractivity contribution in [2.24, 2.45) is 0 Å². The first-order valence-corrected chi connectivity index (χ1v) is 10.8. The van der Waals surface area contributed by atoms with Gasteiger partial charge in [-0.25, -0.2) is 0 Å². The zero-order chi connectivity index (χ0) is 20.0. The number of pyridine rings is 1. The van der Waals surface area contributed by atoms with Gasteiger partial charge in [-0.1, -0.05) is 13.8 Å². The number of H-pyrrole nitrogens is 1. The van der Waals surface area contributed by atoms with Crippen LogP contribution in [0.4, 0.5) is 0 Å². The first-order chi connectivity index (χ1) is 13.3. The standard InChI is InChI=1S/C22H28N4OS/c1-12(2)19-20(15-8-13(3)24-14(4)9-15)25-17-10-18(28-21(17)19)22(27)26(5)16-6-7-23-11-16/h8-10,12,16,23,25H,6-7,11H2,1-5H3/t16-/m1/s1. The summed E-state index contributed by atoms with van der Waals surface area (Å²) in [5.74, 6) is 0.478. The van der Waals surface area contributed by atoms with Crippen molar-refractivity contribution in [3.8, 4) is 11.3 Å². The van der Waals surface area contributed by atoms with Gasteiger partial charge in [0.1, 0.15) is 0 Å². The van der Waals surface area contributed by atoms with E-state index in [-0.39, 0.29) is 11.9 Å². The van der Waals surface area contributed by atoms with Gasteiger partial charge in [-0.3, -0.25) is 9.78 Å². The number of rotatable bonds is 4. The molecule has 0 aliphatic carbocycles. The van der Waals surface area contributed by atoms with Crippen molar-refractivity contribution < 1.29 is 4.79 Å². The van der Waals surface area contributed by atoms with Crippen LogP contribution in [-0.4, -0.2) is 47.0 Å². The first-order valence-electron chi connectivity index (χ1n) is 9.94. The van der Waals surface area contributed by atoms with Gasteiger partial charge in [-0.05, 0) is 56.5 Å². The van der Waals surface area contributed by atoms with Gasteiger partial charge in [-0.15, -0.1) is 11.3 Å². The van der Waals surface area contributed by atoms with Crippen molar-refractivity contribution in [3.05, 3.63) is 40.0 Å². The molecule has 0 spiro atoms. The maximum atomic E-state index is 13.0. The van der Waals surface area contributed by atoms with Crippen molar-refractivity contribution in [2.45, 2.75) is 46.1 Å². The maximum Gasteiger partial charge on any atom is 0.264 e. The van der Waals surface area contributed by atoms with E-state index in [1.54, 1.807) is 11.3 Å². The molecular weight excluding hydrogens is 368 g/mol. The second-order valence-electron chi connectivity index (χ2n) is 8.12. The van der Waals surface area contributed by atoms with E-state index >= 15 is 0 Å². The summed E-state index contributed by atoms with van der Waals surface area (Å²) in [5, 5.41) is 3.34. The van der Waals surface area contributed by atoms with Crippen LogP contribution in [0.3, 0.4) is 0 Å². The Morgan fingerprint density at radius 3 is 2.57 bits per heavy atom. The summed E-state index contributed by atoms with van der Waals surface area (Å²) in [6.45, 7) is 10.4. The lowest BCUT2D eigenvalue weighted by molar-refractivity contribution is 0.0748. The third-order valence-corrected chi connectivity index (χ3v) is 6.72. The van der Waals surface area contributed by atoms with Gasteiger partial charge in [0.05, 0.1) is 20.8 Å². The molecule has 2 N–H and O–H groups in total. The normalized spacial score (nSPS) is 17.0. The second kappa shape index (κ2) is 7.33. The van der Waals surface area contributed by atoms with E-state index < -0.39 is 0 Å². The number of nitrogens with one attached hydrogen (secondary N) is 2. The molecule has 1 aliphatic rings. The number of aromatic amines is 1. The predicted molar refractivity (Wildman–Crippen MR) is 116 cm³/mol. The van der Waals surface area contributed by atoms with Gasteiger partial charge in [0.2, 0.25) is 0 Å². The lowest BCUT2D eigenvalue weighted by Crippen LogP contribution is -2.37. The molecular formula is C22H28N4OS. The molecule has 0 radical (unpaired) electrons. The Balaban J connectivity index is 1.75. The van der Waals surface area contributed by atoms with Gasteiger partial charge in [0.15, 0.2) is 0 Å². The van der Waals surface area contributed by atoms with Gasteiger partial charge >= 0.3 is 0 Å². The Bertz CT molecular complexity index is 1010. The fourth-order valence-corrected chi connectivity index (χ4v) is 5.47. The van der Waals surface area contributed by atoms with Crippen LogP contribution in [0, 0.1) is 13.8 Å². The summed E-state index contributed by atoms with van der Waals surface area (Å²) in [5.41, 5.74) is 6.69. The van der Waals surface area contributed by atoms with Crippen LogP contribution in [0.1, 0.15) is 52.8 Å². The molecule has 1 atom stereocenters. The fourth-order valence-electron chi connectivity index (χ4n) is 4.17. The van der Waals surface area contributed by atoms with E-state index in [1.165, 1.54) is 15.8 Å². The van der Waals surface area contributed by atoms with E-state index in [2.05, 4.69) is 41.3 Å². The van der Waals surface area contributed by atoms with Crippen LogP contribution >= 0.6 is 11.3 Å². The summed E-state index contributed by atoms with van der Waals surface area (Å²) < 4.78 is 1.19. The minimum Gasteiger partial charge on any atom is -0.354 e. The third kappa shape index (κ3) is 3.35. The van der Waals surface area contributed by atoms with Crippen LogP contribution in [0.2, 0.25) is 0 Å². The number of aromatic nitrogens is 2. The molecule has 1 aliphatic heterocycles. The summed E-state index contributed by atoms with van der Waals surface area (Å²) in [6.07, 6.45) is 1.02. The average molecular weight is 397 g/mol. The highest BCUT2D eigenvalue weighted by molar-refractivity contribution is 7.21. The largest absolute Gasteiger partial charge is 0.354 e. The number of carbonyl (C=O) groups excluding carboxylic acids is 1. The highest BCUT2D eigenvalue weighted by Gasteiger charge is 2.27. The first kappa shape index (κ1) is 19.2. The predicted octanol–water partition coefficient (Wildman–Crippen LogP) is 4.47. The van der Waals surface area contributed by atoms with Gasteiger partial charge in [-0.2, -0.15) is 0 Å². The van der Waals surface area contributed by atoms with Crippen molar-refractivity contribution in [1.82, 2.24) is 20.2 Å². The Morgan fingerprint density at radius 1 is 1.25 bits per heavy atom. The molecule has 0 aromatic carbocycles. The number of likely N-dealkylation sites (N-methyl/N-ethyl adjacent to an activating group) is 1. The minimum absolute atomic E-state index is 0.121. The zero-order valence-corrected chi connectivity index (χ0v) is 18.0. The number of nitrogens with zero attached hydrogens (tertiary/aromatic N) is 2. The Kier molecular flexibility index (Phi) is 5.02.